The van der Waals surface area contributed by atoms with Crippen LogP contribution in [-0.4, -0.2) is 22.1 Å². The lowest BCUT2D eigenvalue weighted by Gasteiger charge is -2.15. The van der Waals surface area contributed by atoms with Crippen LogP contribution in [0, 0.1) is 6.92 Å². The van der Waals surface area contributed by atoms with Gasteiger partial charge in [0, 0.05) is 24.5 Å². The summed E-state index contributed by atoms with van der Waals surface area (Å²) >= 11 is 0. The molecule has 1 unspecified atom stereocenters. The van der Waals surface area contributed by atoms with Gasteiger partial charge in [0.15, 0.2) is 0 Å². The van der Waals surface area contributed by atoms with Crippen LogP contribution in [0.5, 0.6) is 0 Å². The minimum atomic E-state index is 0.559. The van der Waals surface area contributed by atoms with Crippen LogP contribution in [0.25, 0.3) is 0 Å². The summed E-state index contributed by atoms with van der Waals surface area (Å²) < 4.78 is 2.24. The third kappa shape index (κ3) is 2.35. The Labute approximate surface area is 85.5 Å². The first kappa shape index (κ1) is 9.71. The Kier molecular flexibility index (Phi) is 2.87. The smallest absolute Gasteiger partial charge is 0.105 e. The maximum atomic E-state index is 4.24. The first-order chi connectivity index (χ1) is 6.77. The molecule has 0 amide bonds. The maximum absolute atomic E-state index is 4.24. The van der Waals surface area contributed by atoms with E-state index in [-0.39, 0.29) is 0 Å². The fourth-order valence-corrected chi connectivity index (χ4v) is 1.78. The van der Waals surface area contributed by atoms with Gasteiger partial charge in [-0.25, -0.2) is 4.98 Å². The molecule has 78 valence electrons. The molecule has 3 nitrogen and oxygen atoms in total. The van der Waals surface area contributed by atoms with Gasteiger partial charge in [-0.3, -0.25) is 0 Å². The lowest BCUT2D eigenvalue weighted by atomic mass is 10.2. The fourth-order valence-electron chi connectivity index (χ4n) is 1.78. The monoisotopic (exact) mass is 193 g/mol. The Bertz CT molecular complexity index is 288. The number of aromatic nitrogens is 2. The van der Waals surface area contributed by atoms with Crippen LogP contribution in [-0.2, 0) is 0 Å². The van der Waals surface area contributed by atoms with Crippen molar-refractivity contribution < 1.29 is 0 Å². The van der Waals surface area contributed by atoms with E-state index < -0.39 is 0 Å². The molecule has 1 aromatic rings. The molecule has 0 radical (unpaired) electrons. The molecule has 3 heteroatoms. The van der Waals surface area contributed by atoms with Crippen LogP contribution in [0.3, 0.4) is 0 Å². The second-order valence-corrected chi connectivity index (χ2v) is 4.25. The van der Waals surface area contributed by atoms with Gasteiger partial charge >= 0.3 is 0 Å². The highest BCUT2D eigenvalue weighted by molar-refractivity contribution is 4.91. The molecule has 0 aliphatic heterocycles. The van der Waals surface area contributed by atoms with Gasteiger partial charge in [-0.2, -0.15) is 0 Å². The van der Waals surface area contributed by atoms with E-state index in [9.17, 15) is 0 Å². The number of hydrogen-bond donors (Lipinski definition) is 1. The van der Waals surface area contributed by atoms with Crippen molar-refractivity contribution in [3.63, 3.8) is 0 Å². The second-order valence-electron chi connectivity index (χ2n) is 4.25. The van der Waals surface area contributed by atoms with Gasteiger partial charge in [0.05, 0.1) is 0 Å². The van der Waals surface area contributed by atoms with E-state index in [4.69, 9.17) is 0 Å². The quantitative estimate of drug-likeness (QED) is 0.774. The maximum Gasteiger partial charge on any atom is 0.105 e. The van der Waals surface area contributed by atoms with Crippen LogP contribution >= 0.6 is 0 Å². The molecule has 1 saturated carbocycles. The third-order valence-corrected chi connectivity index (χ3v) is 2.91. The standard InChI is InChI=1S/C11H19N3/c1-9(5-6-13-11-3-4-11)14-8-7-12-10(14)2/h7-9,11,13H,3-6H2,1-2H3. The second kappa shape index (κ2) is 4.13. The highest BCUT2D eigenvalue weighted by Crippen LogP contribution is 2.19. The Morgan fingerprint density at radius 3 is 3.00 bits per heavy atom. The number of hydrogen-bond acceptors (Lipinski definition) is 2. The van der Waals surface area contributed by atoms with Gasteiger partial charge in [-0.05, 0) is 39.7 Å². The molecule has 14 heavy (non-hydrogen) atoms. The highest BCUT2D eigenvalue weighted by Gasteiger charge is 2.20. The fraction of sp³-hybridized carbons (Fsp3) is 0.727. The molecule has 1 atom stereocenters. The third-order valence-electron chi connectivity index (χ3n) is 2.91. The molecule has 0 aromatic carbocycles. The Hall–Kier alpha value is -0.830. The molecular weight excluding hydrogens is 174 g/mol. The Morgan fingerprint density at radius 2 is 2.43 bits per heavy atom. The summed E-state index contributed by atoms with van der Waals surface area (Å²) in [6, 6.07) is 1.38. The van der Waals surface area contributed by atoms with Crippen molar-refractivity contribution in [3.05, 3.63) is 18.2 Å². The zero-order valence-corrected chi connectivity index (χ0v) is 9.03. The lowest BCUT2D eigenvalue weighted by Crippen LogP contribution is -2.20. The predicted octanol–water partition coefficient (Wildman–Crippen LogP) is 1.89. The number of nitrogens with one attached hydrogen (secondary N) is 1. The van der Waals surface area contributed by atoms with E-state index in [0.29, 0.717) is 6.04 Å². The SMILES string of the molecule is Cc1nccn1C(C)CCNC1CC1. The molecule has 0 spiro atoms. The number of imidazole rings is 1. The summed E-state index contributed by atoms with van der Waals surface area (Å²) in [4.78, 5) is 4.24. The van der Waals surface area contributed by atoms with Crippen LogP contribution in [0.4, 0.5) is 0 Å². The first-order valence-corrected chi connectivity index (χ1v) is 5.50. The van der Waals surface area contributed by atoms with Crippen LogP contribution in [0.15, 0.2) is 12.4 Å². The van der Waals surface area contributed by atoms with Crippen molar-refractivity contribution in [2.24, 2.45) is 0 Å². The average molecular weight is 193 g/mol. The van der Waals surface area contributed by atoms with Gasteiger partial charge in [0.25, 0.3) is 0 Å². The lowest BCUT2D eigenvalue weighted by molar-refractivity contribution is 0.473. The molecule has 1 aromatic heterocycles. The molecule has 1 heterocycles. The number of aryl methyl sites for hydroxylation is 1. The molecule has 1 aliphatic carbocycles. The average Bonchev–Trinajstić information content (AvgIpc) is 2.87. The van der Waals surface area contributed by atoms with E-state index in [1.54, 1.807) is 0 Å². The summed E-state index contributed by atoms with van der Waals surface area (Å²) in [5.41, 5.74) is 0. The zero-order valence-electron chi connectivity index (χ0n) is 9.03. The molecule has 1 aliphatic rings. The molecule has 1 fully saturated rings. The minimum absolute atomic E-state index is 0.559. The Balaban J connectivity index is 1.76. The van der Waals surface area contributed by atoms with Crippen LogP contribution < -0.4 is 5.32 Å². The van der Waals surface area contributed by atoms with E-state index in [1.165, 1.54) is 19.3 Å². The van der Waals surface area contributed by atoms with E-state index in [1.807, 2.05) is 6.20 Å². The van der Waals surface area contributed by atoms with Crippen molar-refractivity contribution in [2.75, 3.05) is 6.54 Å². The summed E-state index contributed by atoms with van der Waals surface area (Å²) in [6.07, 6.45) is 7.88. The first-order valence-electron chi connectivity index (χ1n) is 5.50. The van der Waals surface area contributed by atoms with Gasteiger partial charge in [-0.1, -0.05) is 0 Å². The largest absolute Gasteiger partial charge is 0.332 e. The Morgan fingerprint density at radius 1 is 1.64 bits per heavy atom. The van der Waals surface area contributed by atoms with Gasteiger partial charge in [0.2, 0.25) is 0 Å². The van der Waals surface area contributed by atoms with E-state index in [0.717, 1.165) is 18.4 Å². The van der Waals surface area contributed by atoms with Crippen molar-refractivity contribution >= 4 is 0 Å². The number of rotatable bonds is 5. The predicted molar refractivity (Wildman–Crippen MR) is 57.3 cm³/mol. The van der Waals surface area contributed by atoms with Crippen molar-refractivity contribution in [1.82, 2.24) is 14.9 Å². The van der Waals surface area contributed by atoms with E-state index >= 15 is 0 Å². The van der Waals surface area contributed by atoms with Crippen LogP contribution in [0.1, 0.15) is 38.1 Å². The van der Waals surface area contributed by atoms with Crippen molar-refractivity contribution in [2.45, 2.75) is 45.2 Å². The summed E-state index contributed by atoms with van der Waals surface area (Å²) in [5.74, 6) is 1.11. The number of nitrogens with zero attached hydrogens (tertiary/aromatic N) is 2. The summed E-state index contributed by atoms with van der Waals surface area (Å²) in [7, 11) is 0. The normalized spacial score (nSPS) is 18.4. The zero-order chi connectivity index (χ0) is 9.97. The van der Waals surface area contributed by atoms with Crippen molar-refractivity contribution in [1.29, 1.82) is 0 Å². The minimum Gasteiger partial charge on any atom is -0.332 e. The molecular formula is C11H19N3. The topological polar surface area (TPSA) is 29.9 Å². The molecule has 2 rings (SSSR count). The molecule has 1 N–H and O–H groups in total. The highest BCUT2D eigenvalue weighted by atomic mass is 15.1. The van der Waals surface area contributed by atoms with Gasteiger partial charge < -0.3 is 9.88 Å². The van der Waals surface area contributed by atoms with E-state index in [2.05, 4.69) is 34.9 Å². The van der Waals surface area contributed by atoms with Crippen molar-refractivity contribution in [3.8, 4) is 0 Å². The molecule has 0 bridgehead atoms. The molecule has 0 saturated heterocycles. The summed E-state index contributed by atoms with van der Waals surface area (Å²) in [6.45, 7) is 5.44. The van der Waals surface area contributed by atoms with Gasteiger partial charge in [-0.15, -0.1) is 0 Å². The van der Waals surface area contributed by atoms with Crippen LogP contribution in [0.2, 0.25) is 0 Å². The van der Waals surface area contributed by atoms with Gasteiger partial charge in [0.1, 0.15) is 5.82 Å². The summed E-state index contributed by atoms with van der Waals surface area (Å²) in [5, 5.41) is 3.54.